The minimum absolute atomic E-state index is 0.182. The van der Waals surface area contributed by atoms with Crippen molar-refractivity contribution < 1.29 is 57.4 Å². The van der Waals surface area contributed by atoms with Crippen molar-refractivity contribution in [3.63, 3.8) is 0 Å². The Bertz CT molecular complexity index is 2930. The molecule has 2 fully saturated rings. The molecular weight excluding hydrogens is 1040 g/mol. The smallest absolute Gasteiger partial charge is 0.329 e. The SMILES string of the molecule is CSC1SC[C@H]2C(=O)N(C)[C@@H](C(C)C)C(=O)OC[C@@H](NC(=O)c3cnc4ccccc4n3)C(=O)N[C@H](C)C(=O)N(C)[C@@H]1C(=O)N(C)[C@@H](C(C)C)C(=O)OC[C@@H](NC(=O)c1cnc3ccccc3n1)C(=O)N[C@H](C)C(=O)N2C. The minimum atomic E-state index is -1.66. The van der Waals surface area contributed by atoms with Gasteiger partial charge in [0.25, 0.3) is 11.8 Å². The number of hydrogen-bond donors (Lipinski definition) is 4. The van der Waals surface area contributed by atoms with Gasteiger partial charge in [-0.3, -0.25) is 48.3 Å². The predicted molar refractivity (Wildman–Crippen MR) is 284 cm³/mol. The Hall–Kier alpha value is -7.48. The van der Waals surface area contributed by atoms with E-state index in [0.29, 0.717) is 22.1 Å². The molecule has 0 spiro atoms. The van der Waals surface area contributed by atoms with Crippen molar-refractivity contribution in [1.82, 2.24) is 60.8 Å². The van der Waals surface area contributed by atoms with Crippen molar-refractivity contribution in [2.45, 2.75) is 94.5 Å². The Labute approximate surface area is 453 Å². The number of likely N-dealkylation sites (N-methyl/N-ethyl adjacent to an activating group) is 4. The van der Waals surface area contributed by atoms with Crippen LogP contribution in [0.25, 0.3) is 22.1 Å². The van der Waals surface area contributed by atoms with Crippen LogP contribution in [0.15, 0.2) is 60.9 Å². The highest BCUT2D eigenvalue weighted by Gasteiger charge is 2.45. The molecule has 6 rings (SSSR count). The summed E-state index contributed by atoms with van der Waals surface area (Å²) in [4.78, 5) is 166. The molecule has 1 unspecified atom stereocenters. The Balaban J connectivity index is 1.43. The molecule has 4 heterocycles. The molecule has 2 aliphatic heterocycles. The van der Waals surface area contributed by atoms with Crippen LogP contribution >= 0.6 is 23.5 Å². The number of para-hydroxylation sites is 4. The Morgan fingerprint density at radius 1 is 0.610 bits per heavy atom. The summed E-state index contributed by atoms with van der Waals surface area (Å²) in [6, 6.07) is 1.79. The number of carbonyl (C=O) groups excluding carboxylic acids is 10. The fourth-order valence-electron chi connectivity index (χ4n) is 8.88. The first-order chi connectivity index (χ1) is 36.4. The zero-order valence-electron chi connectivity index (χ0n) is 44.5. The lowest BCUT2D eigenvalue weighted by Crippen LogP contribution is -2.60. The van der Waals surface area contributed by atoms with Gasteiger partial charge in [-0.05, 0) is 56.2 Å². The van der Waals surface area contributed by atoms with Crippen molar-refractivity contribution in [3.8, 4) is 0 Å². The molecule has 24 nitrogen and oxygen atoms in total. The van der Waals surface area contributed by atoms with Gasteiger partial charge in [-0.1, -0.05) is 52.0 Å². The summed E-state index contributed by atoms with van der Waals surface area (Å²) in [5.41, 5.74) is 1.38. The van der Waals surface area contributed by atoms with Crippen molar-refractivity contribution in [3.05, 3.63) is 72.3 Å². The number of ether oxygens (including phenoxy) is 2. The van der Waals surface area contributed by atoms with E-state index in [4.69, 9.17) is 9.47 Å². The molecular formula is C51H64N12O12S2. The maximum Gasteiger partial charge on any atom is 0.329 e. The summed E-state index contributed by atoms with van der Waals surface area (Å²) in [5, 5.41) is 10.2. The number of nitrogens with one attached hydrogen (secondary N) is 4. The molecule has 4 N–H and O–H groups in total. The number of thioether (sulfide) groups is 2. The zero-order valence-corrected chi connectivity index (χ0v) is 46.2. The summed E-state index contributed by atoms with van der Waals surface area (Å²) in [6.07, 6.45) is 4.06. The standard InChI is InChI=1S/C51H64N12O12S2/c1-25(2)38-49(72)74-22-36(59-42(65)34-21-53-30-17-13-15-19-32(30)57-34)44(67)55-28(6)46(69)63(10)40-48(71)62(9)39(26(3)4)50(73)75-23-35(58-41(64)33-20-52-29-16-12-14-18-31(29)56-33)43(66)54-27(5)45(68)60(7)37(47(70)61(38)8)24-77-51(40)76-11/h12-21,25-28,35-40,51H,22-24H2,1-11H3,(H,54,66)(H,55,67)(H,58,64)(H,59,65)/t27-,28-,35-,36-,37+,38+,39+,40-,51?/m1/s1. The molecule has 412 valence electrons. The Kier molecular flexibility index (Phi) is 19.5. The second-order valence-corrected chi connectivity index (χ2v) is 21.8. The molecule has 2 saturated heterocycles. The monoisotopic (exact) mass is 1100 g/mol. The fraction of sp³-hybridized carbons (Fsp3) is 0.490. The van der Waals surface area contributed by atoms with Crippen LogP contribution in [-0.2, 0) is 47.8 Å². The van der Waals surface area contributed by atoms with Crippen LogP contribution in [0.3, 0.4) is 0 Å². The van der Waals surface area contributed by atoms with Gasteiger partial charge in [-0.25, -0.2) is 19.6 Å². The van der Waals surface area contributed by atoms with Crippen LogP contribution in [0.1, 0.15) is 62.5 Å². The summed E-state index contributed by atoms with van der Waals surface area (Å²) < 4.78 is 10.5. The van der Waals surface area contributed by atoms with Gasteiger partial charge in [0.15, 0.2) is 0 Å². The Morgan fingerprint density at radius 2 is 1.01 bits per heavy atom. The second kappa shape index (κ2) is 25.6. The summed E-state index contributed by atoms with van der Waals surface area (Å²) in [5.74, 6) is -10.4. The van der Waals surface area contributed by atoms with E-state index in [2.05, 4.69) is 41.2 Å². The minimum Gasteiger partial charge on any atom is -0.461 e. The van der Waals surface area contributed by atoms with E-state index in [9.17, 15) is 38.4 Å². The van der Waals surface area contributed by atoms with Crippen molar-refractivity contribution in [2.24, 2.45) is 11.8 Å². The van der Waals surface area contributed by atoms with Crippen molar-refractivity contribution >= 4 is 105 Å². The van der Waals surface area contributed by atoms with Gasteiger partial charge < -0.3 is 50.3 Å². The van der Waals surface area contributed by atoms with E-state index in [1.54, 1.807) is 82.5 Å². The molecule has 2 aromatic carbocycles. The number of benzene rings is 2. The van der Waals surface area contributed by atoms with E-state index in [1.165, 1.54) is 54.4 Å². The summed E-state index contributed by atoms with van der Waals surface area (Å²) in [7, 11) is 5.32. The topological polar surface area (TPSA) is 302 Å². The van der Waals surface area contributed by atoms with Gasteiger partial charge >= 0.3 is 11.9 Å². The fourth-order valence-corrected chi connectivity index (χ4v) is 11.4. The maximum absolute atomic E-state index is 15.2. The van der Waals surface area contributed by atoms with Gasteiger partial charge in [-0.2, -0.15) is 0 Å². The summed E-state index contributed by atoms with van der Waals surface area (Å²) >= 11 is 2.16. The molecule has 0 aliphatic carbocycles. The number of amides is 8. The number of aromatic nitrogens is 4. The average molecular weight is 1100 g/mol. The van der Waals surface area contributed by atoms with Gasteiger partial charge in [0.05, 0.1) is 39.0 Å². The lowest BCUT2D eigenvalue weighted by Gasteiger charge is -2.40. The first kappa shape index (κ1) is 58.8. The first-order valence-corrected chi connectivity index (χ1v) is 27.0. The normalized spacial score (nSPS) is 25.4. The van der Waals surface area contributed by atoms with Crippen LogP contribution in [0.4, 0.5) is 0 Å². The molecule has 2 aromatic heterocycles. The van der Waals surface area contributed by atoms with Gasteiger partial charge in [-0.15, -0.1) is 23.5 Å². The van der Waals surface area contributed by atoms with Crippen molar-refractivity contribution in [2.75, 3.05) is 53.4 Å². The third-order valence-corrected chi connectivity index (χ3v) is 16.0. The zero-order chi connectivity index (χ0) is 56.6. The number of carbonyl (C=O) groups is 10. The number of hydrogen-bond acceptors (Lipinski definition) is 18. The molecule has 26 heteroatoms. The molecule has 0 radical (unpaired) electrons. The van der Waals surface area contributed by atoms with E-state index < -0.39 is 137 Å². The molecule has 4 aromatic rings. The highest BCUT2D eigenvalue weighted by atomic mass is 32.2. The largest absolute Gasteiger partial charge is 0.461 e. The van der Waals surface area contributed by atoms with Crippen LogP contribution in [0.5, 0.6) is 0 Å². The first-order valence-electron chi connectivity index (χ1n) is 24.7. The van der Waals surface area contributed by atoms with Crippen LogP contribution in [-0.4, -0.2) is 205 Å². The highest BCUT2D eigenvalue weighted by molar-refractivity contribution is 8.16. The number of esters is 2. The van der Waals surface area contributed by atoms with Gasteiger partial charge in [0.2, 0.25) is 35.4 Å². The van der Waals surface area contributed by atoms with E-state index in [-0.39, 0.29) is 17.1 Å². The summed E-state index contributed by atoms with van der Waals surface area (Å²) in [6.45, 7) is 7.69. The van der Waals surface area contributed by atoms with Crippen molar-refractivity contribution in [1.29, 1.82) is 0 Å². The van der Waals surface area contributed by atoms with E-state index in [0.717, 1.165) is 43.1 Å². The molecule has 8 amide bonds. The second-order valence-electron chi connectivity index (χ2n) is 19.3. The van der Waals surface area contributed by atoms with E-state index in [1.807, 2.05) is 0 Å². The highest BCUT2D eigenvalue weighted by Crippen LogP contribution is 2.32. The molecule has 77 heavy (non-hydrogen) atoms. The predicted octanol–water partition coefficient (Wildman–Crippen LogP) is 0.635. The number of cyclic esters (lactones) is 2. The lowest BCUT2D eigenvalue weighted by atomic mass is 10.0. The van der Waals surface area contributed by atoms with Crippen LogP contribution < -0.4 is 21.3 Å². The third kappa shape index (κ3) is 13.6. The maximum atomic E-state index is 15.2. The number of fused-ring (bicyclic) bond motifs is 6. The average Bonchev–Trinajstić information content (AvgIpc) is 3.40. The number of nitrogens with zero attached hydrogens (tertiary/aromatic N) is 8. The molecule has 0 saturated carbocycles. The molecule has 2 bridgehead atoms. The molecule has 9 atom stereocenters. The third-order valence-electron chi connectivity index (χ3n) is 13.2. The molecule has 2 aliphatic rings. The van der Waals surface area contributed by atoms with Gasteiger partial charge in [0, 0.05) is 33.9 Å². The quantitative estimate of drug-likeness (QED) is 0.185. The van der Waals surface area contributed by atoms with E-state index >= 15 is 9.59 Å². The van der Waals surface area contributed by atoms with Crippen LogP contribution in [0, 0.1) is 11.8 Å². The number of rotatable bonds is 7. The van der Waals surface area contributed by atoms with Gasteiger partial charge in [0.1, 0.15) is 72.9 Å². The Morgan fingerprint density at radius 3 is 1.43 bits per heavy atom. The lowest BCUT2D eigenvalue weighted by molar-refractivity contribution is -0.160. The van der Waals surface area contributed by atoms with Crippen LogP contribution in [0.2, 0.25) is 0 Å².